The average Bonchev–Trinajstić information content (AvgIpc) is 2.61. The first-order chi connectivity index (χ1) is 8.49. The third-order valence-corrected chi connectivity index (χ3v) is 3.03. The van der Waals surface area contributed by atoms with E-state index in [1.54, 1.807) is 6.07 Å². The van der Waals surface area contributed by atoms with Gasteiger partial charge in [-0.05, 0) is 32.3 Å². The van der Waals surface area contributed by atoms with E-state index in [4.69, 9.17) is 0 Å². The second kappa shape index (κ2) is 4.78. The van der Waals surface area contributed by atoms with Gasteiger partial charge in [0.1, 0.15) is 0 Å². The van der Waals surface area contributed by atoms with Crippen LogP contribution in [-0.2, 0) is 4.79 Å². The molecule has 0 aromatic heterocycles. The summed E-state index contributed by atoms with van der Waals surface area (Å²) < 4.78 is 0. The lowest BCUT2D eigenvalue weighted by Crippen LogP contribution is -2.28. The Bertz CT molecular complexity index is 497. The monoisotopic (exact) mass is 247 g/mol. The van der Waals surface area contributed by atoms with Gasteiger partial charge >= 0.3 is 0 Å². The van der Waals surface area contributed by atoms with Crippen molar-refractivity contribution in [3.63, 3.8) is 0 Å². The van der Waals surface area contributed by atoms with E-state index >= 15 is 0 Å². The number of Topliss-reactive ketones (excluding diaryl/α,β-unsaturated/α-hetero) is 1. The summed E-state index contributed by atoms with van der Waals surface area (Å²) in [6.45, 7) is 1.83. The van der Waals surface area contributed by atoms with Gasteiger partial charge in [-0.2, -0.15) is 0 Å². The standard InChI is InChI=1S/C13H17N3O2/c1-15(2)6-7-16(3)9-4-5-10-11(8-9)14-13(18)12(10)17/h4-5,8H,6-7H2,1-3H3,(H,14,17,18). The molecule has 0 atom stereocenters. The van der Waals surface area contributed by atoms with Crippen LogP contribution < -0.4 is 10.2 Å². The highest BCUT2D eigenvalue weighted by Gasteiger charge is 2.27. The molecule has 1 aromatic rings. The highest BCUT2D eigenvalue weighted by molar-refractivity contribution is 6.51. The Morgan fingerprint density at radius 1 is 1.11 bits per heavy atom. The Labute approximate surface area is 106 Å². The van der Waals surface area contributed by atoms with E-state index in [0.717, 1.165) is 18.8 Å². The first-order valence-electron chi connectivity index (χ1n) is 5.84. The molecule has 96 valence electrons. The van der Waals surface area contributed by atoms with Gasteiger partial charge in [-0.25, -0.2) is 0 Å². The highest BCUT2D eigenvalue weighted by atomic mass is 16.2. The molecule has 1 heterocycles. The molecule has 1 N–H and O–H groups in total. The molecule has 2 rings (SSSR count). The average molecular weight is 247 g/mol. The fourth-order valence-corrected chi connectivity index (χ4v) is 1.85. The van der Waals surface area contributed by atoms with E-state index < -0.39 is 11.7 Å². The molecule has 18 heavy (non-hydrogen) atoms. The number of nitrogens with one attached hydrogen (secondary N) is 1. The number of fused-ring (bicyclic) bond motifs is 1. The molecule has 5 heteroatoms. The fraction of sp³-hybridized carbons (Fsp3) is 0.385. The second-order valence-electron chi connectivity index (χ2n) is 4.74. The number of rotatable bonds is 4. The van der Waals surface area contributed by atoms with Gasteiger partial charge in [0.15, 0.2) is 0 Å². The summed E-state index contributed by atoms with van der Waals surface area (Å²) in [6.07, 6.45) is 0. The number of amides is 1. The number of hydrogen-bond donors (Lipinski definition) is 1. The summed E-state index contributed by atoms with van der Waals surface area (Å²) in [4.78, 5) is 26.9. The number of carbonyl (C=O) groups excluding carboxylic acids is 2. The van der Waals surface area contributed by atoms with Crippen molar-refractivity contribution in [3.8, 4) is 0 Å². The van der Waals surface area contributed by atoms with Gasteiger partial charge in [0, 0.05) is 25.8 Å². The van der Waals surface area contributed by atoms with E-state index in [1.165, 1.54) is 0 Å². The predicted octanol–water partition coefficient (Wildman–Crippen LogP) is 0.819. The largest absolute Gasteiger partial charge is 0.373 e. The van der Waals surface area contributed by atoms with E-state index in [2.05, 4.69) is 15.1 Å². The first-order valence-corrected chi connectivity index (χ1v) is 5.84. The van der Waals surface area contributed by atoms with Gasteiger partial charge in [-0.15, -0.1) is 0 Å². The molecule has 0 aliphatic carbocycles. The van der Waals surface area contributed by atoms with Crippen LogP contribution in [-0.4, -0.2) is 50.8 Å². The van der Waals surface area contributed by atoms with E-state index in [-0.39, 0.29) is 0 Å². The normalized spacial score (nSPS) is 13.8. The zero-order valence-electron chi connectivity index (χ0n) is 10.9. The molecule has 1 aromatic carbocycles. The van der Waals surface area contributed by atoms with Crippen molar-refractivity contribution in [2.45, 2.75) is 0 Å². The maximum atomic E-state index is 11.5. The van der Waals surface area contributed by atoms with Gasteiger partial charge in [0.2, 0.25) is 0 Å². The van der Waals surface area contributed by atoms with Crippen LogP contribution in [0.1, 0.15) is 10.4 Å². The molecule has 5 nitrogen and oxygen atoms in total. The van der Waals surface area contributed by atoms with Crippen LogP contribution in [0, 0.1) is 0 Å². The second-order valence-corrected chi connectivity index (χ2v) is 4.74. The lowest BCUT2D eigenvalue weighted by molar-refractivity contribution is -0.112. The molecule has 0 saturated carbocycles. The lowest BCUT2D eigenvalue weighted by atomic mass is 10.1. The third-order valence-electron chi connectivity index (χ3n) is 3.03. The fourth-order valence-electron chi connectivity index (χ4n) is 1.85. The highest BCUT2D eigenvalue weighted by Crippen LogP contribution is 2.27. The molecule has 1 amide bonds. The van der Waals surface area contributed by atoms with Crippen LogP contribution in [0.15, 0.2) is 18.2 Å². The lowest BCUT2D eigenvalue weighted by Gasteiger charge is -2.22. The summed E-state index contributed by atoms with van der Waals surface area (Å²) in [6, 6.07) is 5.41. The van der Waals surface area contributed by atoms with E-state index in [9.17, 15) is 9.59 Å². The van der Waals surface area contributed by atoms with Gasteiger partial charge in [-0.3, -0.25) is 9.59 Å². The van der Waals surface area contributed by atoms with Crippen molar-refractivity contribution in [3.05, 3.63) is 23.8 Å². The van der Waals surface area contributed by atoms with Crippen LogP contribution in [0.4, 0.5) is 11.4 Å². The van der Waals surface area contributed by atoms with Crippen molar-refractivity contribution >= 4 is 23.1 Å². The number of ketones is 1. The van der Waals surface area contributed by atoms with E-state index in [0.29, 0.717) is 11.3 Å². The number of nitrogens with zero attached hydrogens (tertiary/aromatic N) is 2. The summed E-state index contributed by atoms with van der Waals surface area (Å²) in [5, 5.41) is 2.58. The van der Waals surface area contributed by atoms with Crippen molar-refractivity contribution < 1.29 is 9.59 Å². The Morgan fingerprint density at radius 2 is 1.83 bits per heavy atom. The van der Waals surface area contributed by atoms with Crippen molar-refractivity contribution in [1.82, 2.24) is 4.90 Å². The Balaban J connectivity index is 2.15. The number of anilines is 2. The maximum absolute atomic E-state index is 11.5. The number of benzene rings is 1. The Morgan fingerprint density at radius 3 is 2.50 bits per heavy atom. The molecule has 1 aliphatic rings. The number of hydrogen-bond acceptors (Lipinski definition) is 4. The van der Waals surface area contributed by atoms with Crippen LogP contribution in [0.25, 0.3) is 0 Å². The smallest absolute Gasteiger partial charge is 0.296 e. The SMILES string of the molecule is CN(C)CCN(C)c1ccc2c(c1)NC(=O)C2=O. The maximum Gasteiger partial charge on any atom is 0.296 e. The molecular weight excluding hydrogens is 230 g/mol. The number of carbonyl (C=O) groups is 2. The minimum atomic E-state index is -0.543. The summed E-state index contributed by atoms with van der Waals surface area (Å²) in [5.74, 6) is -0.995. The zero-order valence-corrected chi connectivity index (χ0v) is 10.9. The predicted molar refractivity (Wildman–Crippen MR) is 71.2 cm³/mol. The van der Waals surface area contributed by atoms with Gasteiger partial charge in [-0.1, -0.05) is 0 Å². The number of likely N-dealkylation sites (N-methyl/N-ethyl adjacent to an activating group) is 2. The van der Waals surface area contributed by atoms with Crippen LogP contribution in [0.5, 0.6) is 0 Å². The topological polar surface area (TPSA) is 52.6 Å². The molecule has 0 saturated heterocycles. The molecular formula is C13H17N3O2. The van der Waals surface area contributed by atoms with Crippen LogP contribution in [0.3, 0.4) is 0 Å². The summed E-state index contributed by atoms with van der Waals surface area (Å²) in [5.41, 5.74) is 2.06. The van der Waals surface area contributed by atoms with Gasteiger partial charge in [0.05, 0.1) is 11.3 Å². The molecule has 0 fully saturated rings. The Hall–Kier alpha value is -1.88. The van der Waals surface area contributed by atoms with Crippen LogP contribution in [0.2, 0.25) is 0 Å². The van der Waals surface area contributed by atoms with E-state index in [1.807, 2.05) is 33.3 Å². The van der Waals surface area contributed by atoms with Gasteiger partial charge < -0.3 is 15.1 Å². The van der Waals surface area contributed by atoms with Crippen molar-refractivity contribution in [2.75, 3.05) is 44.4 Å². The molecule has 0 unspecified atom stereocenters. The van der Waals surface area contributed by atoms with Crippen molar-refractivity contribution in [2.24, 2.45) is 0 Å². The minimum Gasteiger partial charge on any atom is -0.373 e. The van der Waals surface area contributed by atoms with Gasteiger partial charge in [0.25, 0.3) is 11.7 Å². The third kappa shape index (κ3) is 2.36. The minimum absolute atomic E-state index is 0.451. The summed E-state index contributed by atoms with van der Waals surface area (Å²) in [7, 11) is 6.04. The molecule has 1 aliphatic heterocycles. The first kappa shape index (κ1) is 12.6. The molecule has 0 radical (unpaired) electrons. The summed E-state index contributed by atoms with van der Waals surface area (Å²) >= 11 is 0. The van der Waals surface area contributed by atoms with Crippen LogP contribution >= 0.6 is 0 Å². The van der Waals surface area contributed by atoms with Crippen molar-refractivity contribution in [1.29, 1.82) is 0 Å². The quantitative estimate of drug-likeness (QED) is 0.800. The zero-order chi connectivity index (χ0) is 13.3. The molecule has 0 spiro atoms. The Kier molecular flexibility index (Phi) is 3.34. The molecule has 0 bridgehead atoms.